The molecule has 0 fully saturated rings. The van der Waals surface area contributed by atoms with E-state index in [1.54, 1.807) is 13.3 Å². The van der Waals surface area contributed by atoms with E-state index < -0.39 is 0 Å². The first-order chi connectivity index (χ1) is 9.01. The molecule has 0 spiro atoms. The molecule has 0 aliphatic carbocycles. The van der Waals surface area contributed by atoms with Gasteiger partial charge in [0.05, 0.1) is 25.5 Å². The molecule has 1 aromatic heterocycles. The van der Waals surface area contributed by atoms with Gasteiger partial charge in [0.25, 0.3) is 0 Å². The Hall–Kier alpha value is -1.04. The number of aromatic nitrogens is 2. The summed E-state index contributed by atoms with van der Waals surface area (Å²) in [6, 6.07) is 1.94. The first kappa shape index (κ1) is 16.0. The van der Waals surface area contributed by atoms with Gasteiger partial charge >= 0.3 is 0 Å². The lowest BCUT2D eigenvalue weighted by atomic mass is 10.1. The Kier molecular flexibility index (Phi) is 6.91. The van der Waals surface area contributed by atoms with E-state index >= 15 is 0 Å². The zero-order valence-electron chi connectivity index (χ0n) is 12.4. The highest BCUT2D eigenvalue weighted by molar-refractivity contribution is 5.03. The van der Waals surface area contributed by atoms with Crippen LogP contribution in [0.4, 0.5) is 0 Å². The number of methoxy groups -OCH3 is 1. The number of nitrogens with one attached hydrogen (secondary N) is 1. The van der Waals surface area contributed by atoms with E-state index in [1.807, 2.05) is 6.07 Å². The van der Waals surface area contributed by atoms with E-state index in [2.05, 4.69) is 36.1 Å². The van der Waals surface area contributed by atoms with Crippen molar-refractivity contribution in [3.63, 3.8) is 0 Å². The fraction of sp³-hybridized carbons (Fsp3) is 0.714. The lowest BCUT2D eigenvalue weighted by Gasteiger charge is -2.20. The molecule has 0 amide bonds. The zero-order chi connectivity index (χ0) is 14.1. The van der Waals surface area contributed by atoms with Crippen LogP contribution in [0.1, 0.15) is 32.3 Å². The highest BCUT2D eigenvalue weighted by atomic mass is 16.5. The SMILES string of the molecule is COCCOCCc1nccc(CNC(C)(C)C)n1. The number of nitrogens with zero attached hydrogens (tertiary/aromatic N) is 2. The molecule has 0 radical (unpaired) electrons. The molecule has 0 unspecified atom stereocenters. The normalized spacial score (nSPS) is 11.8. The molecule has 1 aromatic rings. The fourth-order valence-electron chi connectivity index (χ4n) is 1.42. The van der Waals surface area contributed by atoms with Crippen LogP contribution in [0.25, 0.3) is 0 Å². The van der Waals surface area contributed by atoms with E-state index in [1.165, 1.54) is 0 Å². The highest BCUT2D eigenvalue weighted by Gasteiger charge is 2.09. The molecule has 0 aromatic carbocycles. The average Bonchev–Trinajstić information content (AvgIpc) is 2.36. The highest BCUT2D eigenvalue weighted by Crippen LogP contribution is 2.02. The Labute approximate surface area is 115 Å². The zero-order valence-corrected chi connectivity index (χ0v) is 12.4. The van der Waals surface area contributed by atoms with Gasteiger partial charge in [-0.25, -0.2) is 9.97 Å². The number of hydrogen-bond donors (Lipinski definition) is 1. The second kappa shape index (κ2) is 8.19. The fourth-order valence-corrected chi connectivity index (χ4v) is 1.42. The minimum absolute atomic E-state index is 0.0916. The van der Waals surface area contributed by atoms with E-state index in [0.717, 1.165) is 24.5 Å². The molecule has 5 heteroatoms. The van der Waals surface area contributed by atoms with Crippen molar-refractivity contribution in [2.45, 2.75) is 39.3 Å². The third kappa shape index (κ3) is 7.87. The summed E-state index contributed by atoms with van der Waals surface area (Å²) in [4.78, 5) is 8.76. The quantitative estimate of drug-likeness (QED) is 0.725. The van der Waals surface area contributed by atoms with E-state index in [0.29, 0.717) is 19.8 Å². The maximum absolute atomic E-state index is 5.41. The topological polar surface area (TPSA) is 56.3 Å². The van der Waals surface area contributed by atoms with Gasteiger partial charge in [0.2, 0.25) is 0 Å². The van der Waals surface area contributed by atoms with Crippen LogP contribution in [0.2, 0.25) is 0 Å². The van der Waals surface area contributed by atoms with Crippen LogP contribution in [0.3, 0.4) is 0 Å². The first-order valence-corrected chi connectivity index (χ1v) is 6.64. The van der Waals surface area contributed by atoms with Crippen molar-refractivity contribution in [1.82, 2.24) is 15.3 Å². The van der Waals surface area contributed by atoms with E-state index in [-0.39, 0.29) is 5.54 Å². The predicted molar refractivity (Wildman–Crippen MR) is 75.0 cm³/mol. The molecule has 1 N–H and O–H groups in total. The van der Waals surface area contributed by atoms with Gasteiger partial charge in [0.1, 0.15) is 5.82 Å². The van der Waals surface area contributed by atoms with Crippen molar-refractivity contribution in [3.05, 3.63) is 23.8 Å². The summed E-state index contributed by atoms with van der Waals surface area (Å²) in [7, 11) is 1.66. The Morgan fingerprint density at radius 2 is 2.00 bits per heavy atom. The van der Waals surface area contributed by atoms with E-state index in [4.69, 9.17) is 9.47 Å². The van der Waals surface area contributed by atoms with Crippen molar-refractivity contribution in [1.29, 1.82) is 0 Å². The van der Waals surface area contributed by atoms with Gasteiger partial charge in [-0.3, -0.25) is 0 Å². The van der Waals surface area contributed by atoms with Crippen LogP contribution in [0, 0.1) is 0 Å². The van der Waals surface area contributed by atoms with Crippen molar-refractivity contribution in [2.24, 2.45) is 0 Å². The van der Waals surface area contributed by atoms with Crippen LogP contribution >= 0.6 is 0 Å². The van der Waals surface area contributed by atoms with Crippen molar-refractivity contribution >= 4 is 0 Å². The van der Waals surface area contributed by atoms with Crippen LogP contribution in [0.5, 0.6) is 0 Å². The lowest BCUT2D eigenvalue weighted by Crippen LogP contribution is -2.35. The summed E-state index contributed by atoms with van der Waals surface area (Å²) in [5, 5.41) is 3.41. The molecular weight excluding hydrogens is 242 g/mol. The van der Waals surface area contributed by atoms with E-state index in [9.17, 15) is 0 Å². The van der Waals surface area contributed by atoms with Gasteiger partial charge in [-0.1, -0.05) is 0 Å². The Morgan fingerprint density at radius 3 is 2.68 bits per heavy atom. The molecule has 0 atom stereocenters. The molecule has 0 aliphatic rings. The second-order valence-electron chi connectivity index (χ2n) is 5.42. The predicted octanol–water partition coefficient (Wildman–Crippen LogP) is 1.57. The van der Waals surface area contributed by atoms with Crippen LogP contribution in [0.15, 0.2) is 12.3 Å². The molecule has 1 heterocycles. The molecule has 108 valence electrons. The summed E-state index contributed by atoms with van der Waals surface area (Å²) in [5.41, 5.74) is 1.10. The molecule has 0 saturated carbocycles. The molecule has 19 heavy (non-hydrogen) atoms. The van der Waals surface area contributed by atoms with Gasteiger partial charge in [0.15, 0.2) is 0 Å². The number of hydrogen-bond acceptors (Lipinski definition) is 5. The summed E-state index contributed by atoms with van der Waals surface area (Å²) >= 11 is 0. The molecule has 0 bridgehead atoms. The Morgan fingerprint density at radius 1 is 1.21 bits per heavy atom. The van der Waals surface area contributed by atoms with Gasteiger partial charge in [0, 0.05) is 31.8 Å². The first-order valence-electron chi connectivity index (χ1n) is 6.64. The molecule has 0 aliphatic heterocycles. The summed E-state index contributed by atoms with van der Waals surface area (Å²) in [6.07, 6.45) is 2.53. The molecule has 0 saturated heterocycles. The van der Waals surface area contributed by atoms with Gasteiger partial charge in [-0.2, -0.15) is 0 Å². The summed E-state index contributed by atoms with van der Waals surface area (Å²) in [5.74, 6) is 0.825. The van der Waals surface area contributed by atoms with Gasteiger partial charge in [-0.05, 0) is 26.8 Å². The maximum Gasteiger partial charge on any atom is 0.130 e. The van der Waals surface area contributed by atoms with Crippen molar-refractivity contribution < 1.29 is 9.47 Å². The minimum Gasteiger partial charge on any atom is -0.382 e. The smallest absolute Gasteiger partial charge is 0.130 e. The maximum atomic E-state index is 5.41. The summed E-state index contributed by atoms with van der Waals surface area (Å²) < 4.78 is 10.3. The van der Waals surface area contributed by atoms with Crippen molar-refractivity contribution in [2.75, 3.05) is 26.9 Å². The minimum atomic E-state index is 0.0916. The number of rotatable bonds is 8. The monoisotopic (exact) mass is 267 g/mol. The average molecular weight is 267 g/mol. The standard InChI is InChI=1S/C14H25N3O2/c1-14(2,3)16-11-12-5-7-15-13(17-12)6-8-19-10-9-18-4/h5,7,16H,6,8-11H2,1-4H3. The van der Waals surface area contributed by atoms with Crippen molar-refractivity contribution in [3.8, 4) is 0 Å². The third-order valence-electron chi connectivity index (χ3n) is 2.46. The van der Waals surface area contributed by atoms with Crippen LogP contribution in [-0.2, 0) is 22.4 Å². The largest absolute Gasteiger partial charge is 0.382 e. The van der Waals surface area contributed by atoms with Crippen LogP contribution in [-0.4, -0.2) is 42.4 Å². The lowest BCUT2D eigenvalue weighted by molar-refractivity contribution is 0.0716. The molecule has 1 rings (SSSR count). The van der Waals surface area contributed by atoms with Gasteiger partial charge in [-0.15, -0.1) is 0 Å². The molecular formula is C14H25N3O2. The Balaban J connectivity index is 2.35. The van der Waals surface area contributed by atoms with Gasteiger partial charge < -0.3 is 14.8 Å². The second-order valence-corrected chi connectivity index (χ2v) is 5.42. The summed E-state index contributed by atoms with van der Waals surface area (Å²) in [6.45, 7) is 9.03. The van der Waals surface area contributed by atoms with Crippen LogP contribution < -0.4 is 5.32 Å². The molecule has 5 nitrogen and oxygen atoms in total. The Bertz CT molecular complexity index is 364. The third-order valence-corrected chi connectivity index (χ3v) is 2.46. The number of ether oxygens (including phenoxy) is 2.